The van der Waals surface area contributed by atoms with Gasteiger partial charge in [0.25, 0.3) is 16.6 Å². The molecule has 0 heterocycles. The van der Waals surface area contributed by atoms with Gasteiger partial charge in [0.1, 0.15) is 0 Å². The van der Waals surface area contributed by atoms with Crippen molar-refractivity contribution in [1.82, 2.24) is 0 Å². The molecule has 206 valence electrons. The van der Waals surface area contributed by atoms with Gasteiger partial charge in [-0.2, -0.15) is 0 Å². The highest BCUT2D eigenvalue weighted by Crippen LogP contribution is 2.16. The molecule has 3 nitrogen and oxygen atoms in total. The third-order valence-corrected chi connectivity index (χ3v) is 15.8. The topological polar surface area (TPSA) is 42.2 Å². The number of nitrogens with zero attached hydrogens (tertiary/aromatic N) is 1. The molecule has 43 heavy (non-hydrogen) atoms. The highest BCUT2D eigenvalue weighted by Gasteiger charge is 2.50. The molecule has 0 aliphatic heterocycles. The van der Waals surface area contributed by atoms with E-state index in [1.54, 1.807) is 0 Å². The summed E-state index contributed by atoms with van der Waals surface area (Å²) < 4.78 is 14.5. The van der Waals surface area contributed by atoms with Crippen molar-refractivity contribution >= 4 is 54.9 Å². The van der Waals surface area contributed by atoms with Gasteiger partial charge in [0.2, 0.25) is 0 Å². The van der Waals surface area contributed by atoms with E-state index in [9.17, 15) is 5.26 Å². The van der Waals surface area contributed by atoms with Crippen molar-refractivity contribution < 1.29 is 8.69 Å². The molecule has 0 amide bonds. The maximum atomic E-state index is 10.9. The molecule has 0 aliphatic rings. The second kappa shape index (κ2) is 13.0. The van der Waals surface area contributed by atoms with Crippen molar-refractivity contribution in [1.29, 1.82) is 5.26 Å². The third-order valence-electron chi connectivity index (χ3n) is 7.75. The lowest BCUT2D eigenvalue weighted by Gasteiger charge is -2.38. The molecule has 0 aliphatic carbocycles. The van der Waals surface area contributed by atoms with Gasteiger partial charge >= 0.3 is 7.12 Å². The van der Waals surface area contributed by atoms with Crippen LogP contribution >= 0.6 is 0 Å². The first-order valence-electron chi connectivity index (χ1n) is 14.4. The van der Waals surface area contributed by atoms with Crippen molar-refractivity contribution in [2.75, 3.05) is 0 Å². The molecule has 0 unspecified atom stereocenters. The first-order valence-corrected chi connectivity index (χ1v) is 18.2. The lowest BCUT2D eigenvalue weighted by atomic mass is 9.97. The largest absolute Gasteiger partial charge is 0.558 e. The molecule has 0 radical (unpaired) electrons. The van der Waals surface area contributed by atoms with Crippen LogP contribution in [0.3, 0.4) is 0 Å². The quantitative estimate of drug-likeness (QED) is 0.180. The maximum Gasteiger partial charge on any atom is 0.558 e. The number of hydrogen-bond acceptors (Lipinski definition) is 3. The van der Waals surface area contributed by atoms with Gasteiger partial charge in [0.05, 0.1) is 5.97 Å². The molecule has 6 aromatic rings. The zero-order valence-electron chi connectivity index (χ0n) is 23.7. The summed E-state index contributed by atoms with van der Waals surface area (Å²) in [5, 5.41) is 17.1. The molecule has 0 bridgehead atoms. The second-order valence-electron chi connectivity index (χ2n) is 10.3. The van der Waals surface area contributed by atoms with Crippen LogP contribution in [0, 0.1) is 11.2 Å². The minimum absolute atomic E-state index is 1.04. The molecule has 0 N–H and O–H groups in total. The standard InChI is InChI=1S/C37H30BNO2Si2/c39-31-38(40-42(32-19-7-1-8-20-32,33-21-9-2-10-22-33)34-23-11-3-12-24-34)41-43(35-25-13-4-14-26-35,36-27-15-5-16-28-36)37-29-17-6-18-30-37/h1-30H. The summed E-state index contributed by atoms with van der Waals surface area (Å²) in [5.41, 5.74) is 0. The van der Waals surface area contributed by atoms with Gasteiger partial charge in [-0.15, -0.1) is 0 Å². The monoisotopic (exact) mass is 587 g/mol. The number of rotatable bonds is 10. The zero-order chi connectivity index (χ0) is 29.4. The Morgan fingerprint density at radius 1 is 0.349 bits per heavy atom. The lowest BCUT2D eigenvalue weighted by molar-refractivity contribution is 0.454. The van der Waals surface area contributed by atoms with Crippen LogP contribution in [0.2, 0.25) is 0 Å². The van der Waals surface area contributed by atoms with Crippen molar-refractivity contribution in [3.8, 4) is 5.97 Å². The van der Waals surface area contributed by atoms with Crippen LogP contribution in [0.15, 0.2) is 182 Å². The fraction of sp³-hybridized carbons (Fsp3) is 0. The van der Waals surface area contributed by atoms with Crippen molar-refractivity contribution in [3.63, 3.8) is 0 Å². The Kier molecular flexibility index (Phi) is 8.59. The molecule has 0 atom stereocenters. The van der Waals surface area contributed by atoms with E-state index in [1.807, 2.05) is 109 Å². The molecular formula is C37H30BNO2Si2. The van der Waals surface area contributed by atoms with Crippen LogP contribution < -0.4 is 31.1 Å². The Hall–Kier alpha value is -4.77. The van der Waals surface area contributed by atoms with Gasteiger partial charge in [-0.1, -0.05) is 182 Å². The molecule has 0 saturated heterocycles. The van der Waals surface area contributed by atoms with Gasteiger partial charge in [0.15, 0.2) is 0 Å². The van der Waals surface area contributed by atoms with Crippen LogP contribution in [0.5, 0.6) is 0 Å². The Morgan fingerprint density at radius 2 is 0.535 bits per heavy atom. The summed E-state index contributed by atoms with van der Waals surface area (Å²) in [6, 6.07) is 61.7. The van der Waals surface area contributed by atoms with Crippen molar-refractivity contribution in [3.05, 3.63) is 182 Å². The second-order valence-corrected chi connectivity index (χ2v) is 16.9. The molecule has 0 saturated carbocycles. The summed E-state index contributed by atoms with van der Waals surface area (Å²) in [4.78, 5) is 0. The molecule has 0 fully saturated rings. The molecular weight excluding hydrogens is 557 g/mol. The highest BCUT2D eigenvalue weighted by molar-refractivity contribution is 7.12. The summed E-state index contributed by atoms with van der Waals surface area (Å²) >= 11 is 0. The van der Waals surface area contributed by atoms with E-state index in [-0.39, 0.29) is 0 Å². The fourth-order valence-corrected chi connectivity index (χ4v) is 13.6. The average molecular weight is 588 g/mol. The summed E-state index contributed by atoms with van der Waals surface area (Å²) in [5.74, 6) is 2.46. The van der Waals surface area contributed by atoms with E-state index in [1.165, 1.54) is 0 Å². The first-order chi connectivity index (χ1) is 21.3. The van der Waals surface area contributed by atoms with Crippen LogP contribution in [0.1, 0.15) is 0 Å². The summed E-state index contributed by atoms with van der Waals surface area (Å²) in [6.07, 6.45) is 0. The molecule has 0 aromatic heterocycles. The normalized spacial score (nSPS) is 11.4. The highest BCUT2D eigenvalue weighted by atomic mass is 28.4. The summed E-state index contributed by atoms with van der Waals surface area (Å²) in [6.45, 7) is 0. The van der Waals surface area contributed by atoms with Crippen LogP contribution in [-0.4, -0.2) is 23.8 Å². The summed E-state index contributed by atoms with van der Waals surface area (Å²) in [7, 11) is -7.64. The Bertz CT molecular complexity index is 1450. The third kappa shape index (κ3) is 5.55. The van der Waals surface area contributed by atoms with Crippen molar-refractivity contribution in [2.45, 2.75) is 0 Å². The van der Waals surface area contributed by atoms with Gasteiger partial charge in [-0.3, -0.25) is 0 Å². The van der Waals surface area contributed by atoms with Crippen LogP contribution in [0.4, 0.5) is 0 Å². The van der Waals surface area contributed by atoms with E-state index in [0.717, 1.165) is 31.1 Å². The Morgan fingerprint density at radius 3 is 0.698 bits per heavy atom. The minimum Gasteiger partial charge on any atom is -0.431 e. The average Bonchev–Trinajstić information content (AvgIpc) is 3.11. The van der Waals surface area contributed by atoms with E-state index in [2.05, 4.69) is 78.8 Å². The minimum atomic E-state index is -3.24. The Labute approximate surface area is 256 Å². The van der Waals surface area contributed by atoms with E-state index in [4.69, 9.17) is 8.69 Å². The van der Waals surface area contributed by atoms with Gasteiger partial charge < -0.3 is 8.69 Å². The molecule has 6 rings (SSSR count). The fourth-order valence-electron chi connectivity index (χ4n) is 5.84. The van der Waals surface area contributed by atoms with Gasteiger partial charge in [-0.05, 0) is 31.1 Å². The smallest absolute Gasteiger partial charge is 0.431 e. The number of benzene rings is 6. The van der Waals surface area contributed by atoms with Gasteiger partial charge in [0, 0.05) is 0 Å². The predicted molar refractivity (Wildman–Crippen MR) is 182 cm³/mol. The number of nitriles is 1. The maximum absolute atomic E-state index is 10.9. The first kappa shape index (κ1) is 28.4. The SMILES string of the molecule is N#CB(O[Si](c1ccccc1)(c1ccccc1)c1ccccc1)O[Si](c1ccccc1)(c1ccccc1)c1ccccc1. The molecule has 6 heteroatoms. The van der Waals surface area contributed by atoms with Crippen molar-refractivity contribution in [2.24, 2.45) is 0 Å². The zero-order valence-corrected chi connectivity index (χ0v) is 25.7. The molecule has 6 aromatic carbocycles. The predicted octanol–water partition coefficient (Wildman–Crippen LogP) is 3.90. The molecule has 0 spiro atoms. The van der Waals surface area contributed by atoms with Gasteiger partial charge in [-0.25, -0.2) is 5.26 Å². The van der Waals surface area contributed by atoms with Crippen LogP contribution in [-0.2, 0) is 8.69 Å². The Balaban J connectivity index is 1.58. The van der Waals surface area contributed by atoms with Crippen LogP contribution in [0.25, 0.3) is 0 Å². The lowest BCUT2D eigenvalue weighted by Crippen LogP contribution is -2.75. The van der Waals surface area contributed by atoms with E-state index >= 15 is 0 Å². The number of hydrogen-bond donors (Lipinski definition) is 0. The van der Waals surface area contributed by atoms with E-state index < -0.39 is 23.8 Å². The van der Waals surface area contributed by atoms with E-state index in [0.29, 0.717) is 0 Å².